The number of unbranched alkanes of at least 4 members (excludes halogenated alkanes) is 1. The SMILES string of the molecule is CCCC[N]N1CCCC1=O. The minimum absolute atomic E-state index is 0.195. The average molecular weight is 155 g/mol. The van der Waals surface area contributed by atoms with E-state index in [-0.39, 0.29) is 5.91 Å². The van der Waals surface area contributed by atoms with Gasteiger partial charge in [0.25, 0.3) is 0 Å². The number of hydrogen-bond donors (Lipinski definition) is 0. The third kappa shape index (κ3) is 2.50. The van der Waals surface area contributed by atoms with Crippen LogP contribution in [-0.2, 0) is 4.79 Å². The summed E-state index contributed by atoms with van der Waals surface area (Å²) in [6.45, 7) is 3.77. The molecule has 1 saturated heterocycles. The molecular formula is C8H15N2O. The molecule has 1 radical (unpaired) electrons. The van der Waals surface area contributed by atoms with Gasteiger partial charge in [0.1, 0.15) is 0 Å². The molecule has 1 fully saturated rings. The standard InChI is InChI=1S/C8H15N2O/c1-2-3-6-9-10-7-4-5-8(10)11/h2-7H2,1H3. The third-order valence-electron chi connectivity index (χ3n) is 1.83. The number of amides is 1. The molecule has 0 saturated carbocycles. The van der Waals surface area contributed by atoms with Crippen molar-refractivity contribution in [3.63, 3.8) is 0 Å². The molecule has 0 spiro atoms. The Hall–Kier alpha value is -0.570. The van der Waals surface area contributed by atoms with E-state index in [9.17, 15) is 4.79 Å². The summed E-state index contributed by atoms with van der Waals surface area (Å²) in [6.07, 6.45) is 3.90. The Balaban J connectivity index is 2.10. The van der Waals surface area contributed by atoms with Crippen LogP contribution in [0.2, 0.25) is 0 Å². The summed E-state index contributed by atoms with van der Waals surface area (Å²) in [4.78, 5) is 11.0. The van der Waals surface area contributed by atoms with Gasteiger partial charge in [0.05, 0.1) is 0 Å². The van der Waals surface area contributed by atoms with Crippen molar-refractivity contribution >= 4 is 5.91 Å². The molecule has 0 bridgehead atoms. The number of nitrogens with zero attached hydrogens (tertiary/aromatic N) is 2. The molecule has 1 rings (SSSR count). The summed E-state index contributed by atoms with van der Waals surface area (Å²) in [6, 6.07) is 0. The highest BCUT2D eigenvalue weighted by atomic mass is 16.2. The molecule has 0 N–H and O–H groups in total. The molecule has 11 heavy (non-hydrogen) atoms. The lowest BCUT2D eigenvalue weighted by Crippen LogP contribution is -2.33. The number of carbonyl (C=O) groups excluding carboxylic acids is 1. The molecule has 1 amide bonds. The van der Waals surface area contributed by atoms with Crippen LogP contribution in [0.15, 0.2) is 0 Å². The van der Waals surface area contributed by atoms with Gasteiger partial charge in [0.15, 0.2) is 0 Å². The number of carbonyl (C=O) groups is 1. The van der Waals surface area contributed by atoms with Crippen LogP contribution in [-0.4, -0.2) is 24.0 Å². The maximum atomic E-state index is 11.0. The molecule has 3 nitrogen and oxygen atoms in total. The zero-order valence-corrected chi connectivity index (χ0v) is 7.05. The predicted molar refractivity (Wildman–Crippen MR) is 42.9 cm³/mol. The van der Waals surface area contributed by atoms with Gasteiger partial charge in [-0.05, 0) is 12.8 Å². The van der Waals surface area contributed by atoms with E-state index >= 15 is 0 Å². The summed E-state index contributed by atoms with van der Waals surface area (Å²) in [5.41, 5.74) is 4.18. The Labute approximate surface area is 67.7 Å². The molecule has 63 valence electrons. The molecule has 0 atom stereocenters. The molecule has 0 aromatic carbocycles. The van der Waals surface area contributed by atoms with Crippen LogP contribution in [0.1, 0.15) is 32.6 Å². The van der Waals surface area contributed by atoms with Crippen molar-refractivity contribution in [2.24, 2.45) is 0 Å². The van der Waals surface area contributed by atoms with Gasteiger partial charge in [0, 0.05) is 19.5 Å². The summed E-state index contributed by atoms with van der Waals surface area (Å²) in [5.74, 6) is 0.195. The zero-order valence-electron chi connectivity index (χ0n) is 7.05. The van der Waals surface area contributed by atoms with Gasteiger partial charge in [-0.3, -0.25) is 9.80 Å². The monoisotopic (exact) mass is 155 g/mol. The van der Waals surface area contributed by atoms with Crippen molar-refractivity contribution < 1.29 is 4.79 Å². The van der Waals surface area contributed by atoms with Gasteiger partial charge in [0.2, 0.25) is 5.91 Å². The van der Waals surface area contributed by atoms with Crippen molar-refractivity contribution in [2.45, 2.75) is 32.6 Å². The van der Waals surface area contributed by atoms with Crippen molar-refractivity contribution in [2.75, 3.05) is 13.1 Å². The van der Waals surface area contributed by atoms with E-state index in [1.54, 1.807) is 5.01 Å². The topological polar surface area (TPSA) is 34.4 Å². The minimum Gasteiger partial charge on any atom is -0.273 e. The normalized spacial score (nSPS) is 17.9. The van der Waals surface area contributed by atoms with Crippen molar-refractivity contribution in [3.8, 4) is 0 Å². The Morgan fingerprint density at radius 3 is 3.00 bits per heavy atom. The molecule has 3 heteroatoms. The first-order valence-electron chi connectivity index (χ1n) is 4.32. The molecular weight excluding hydrogens is 140 g/mol. The highest BCUT2D eigenvalue weighted by molar-refractivity contribution is 5.77. The van der Waals surface area contributed by atoms with Crippen LogP contribution in [0.4, 0.5) is 0 Å². The van der Waals surface area contributed by atoms with Crippen LogP contribution in [0.5, 0.6) is 0 Å². The van der Waals surface area contributed by atoms with Crippen LogP contribution in [0.3, 0.4) is 0 Å². The van der Waals surface area contributed by atoms with Crippen molar-refractivity contribution in [1.82, 2.24) is 10.4 Å². The average Bonchev–Trinajstić information content (AvgIpc) is 2.37. The maximum Gasteiger partial charge on any atom is 0.238 e. The predicted octanol–water partition coefficient (Wildman–Crippen LogP) is 0.928. The lowest BCUT2D eigenvalue weighted by molar-refractivity contribution is -0.130. The quantitative estimate of drug-likeness (QED) is 0.556. The van der Waals surface area contributed by atoms with Gasteiger partial charge in [-0.15, -0.1) is 5.43 Å². The highest BCUT2D eigenvalue weighted by Gasteiger charge is 2.19. The Kier molecular flexibility index (Phi) is 3.36. The van der Waals surface area contributed by atoms with Gasteiger partial charge >= 0.3 is 0 Å². The Bertz CT molecular complexity index is 136. The molecule has 1 aliphatic heterocycles. The summed E-state index contributed by atoms with van der Waals surface area (Å²) in [7, 11) is 0. The number of rotatable bonds is 4. The van der Waals surface area contributed by atoms with Crippen LogP contribution >= 0.6 is 0 Å². The smallest absolute Gasteiger partial charge is 0.238 e. The van der Waals surface area contributed by atoms with E-state index in [1.807, 2.05) is 0 Å². The minimum atomic E-state index is 0.195. The van der Waals surface area contributed by atoms with E-state index in [2.05, 4.69) is 12.3 Å². The van der Waals surface area contributed by atoms with E-state index in [0.29, 0.717) is 6.42 Å². The highest BCUT2D eigenvalue weighted by Crippen LogP contribution is 2.06. The maximum absolute atomic E-state index is 11.0. The Morgan fingerprint density at radius 1 is 1.64 bits per heavy atom. The summed E-state index contributed by atoms with van der Waals surface area (Å²) in [5, 5.41) is 1.62. The van der Waals surface area contributed by atoms with Crippen molar-refractivity contribution in [1.29, 1.82) is 0 Å². The molecule has 1 heterocycles. The first kappa shape index (κ1) is 8.53. The second-order valence-corrected chi connectivity index (χ2v) is 2.84. The fourth-order valence-electron chi connectivity index (χ4n) is 1.13. The lowest BCUT2D eigenvalue weighted by Gasteiger charge is -2.12. The number of hydrogen-bond acceptors (Lipinski definition) is 1. The second kappa shape index (κ2) is 4.34. The second-order valence-electron chi connectivity index (χ2n) is 2.84. The molecule has 1 aliphatic rings. The van der Waals surface area contributed by atoms with Gasteiger partial charge in [-0.25, -0.2) is 0 Å². The summed E-state index contributed by atoms with van der Waals surface area (Å²) >= 11 is 0. The largest absolute Gasteiger partial charge is 0.273 e. The van der Waals surface area contributed by atoms with Crippen LogP contribution in [0.25, 0.3) is 0 Å². The Morgan fingerprint density at radius 2 is 2.45 bits per heavy atom. The fourth-order valence-corrected chi connectivity index (χ4v) is 1.13. The van der Waals surface area contributed by atoms with Crippen molar-refractivity contribution in [3.05, 3.63) is 0 Å². The zero-order chi connectivity index (χ0) is 8.10. The van der Waals surface area contributed by atoms with E-state index in [4.69, 9.17) is 0 Å². The summed E-state index contributed by atoms with van der Waals surface area (Å²) < 4.78 is 0. The van der Waals surface area contributed by atoms with Gasteiger partial charge in [-0.1, -0.05) is 13.3 Å². The molecule has 0 unspecified atom stereocenters. The van der Waals surface area contributed by atoms with E-state index < -0.39 is 0 Å². The molecule has 0 aromatic heterocycles. The van der Waals surface area contributed by atoms with Gasteiger partial charge in [-0.2, -0.15) is 0 Å². The van der Waals surface area contributed by atoms with E-state index in [0.717, 1.165) is 32.4 Å². The van der Waals surface area contributed by atoms with Crippen LogP contribution in [0, 0.1) is 0 Å². The van der Waals surface area contributed by atoms with Crippen LogP contribution < -0.4 is 5.43 Å². The molecule has 0 aliphatic carbocycles. The van der Waals surface area contributed by atoms with E-state index in [1.165, 1.54) is 0 Å². The lowest BCUT2D eigenvalue weighted by atomic mass is 10.3. The molecule has 0 aromatic rings. The van der Waals surface area contributed by atoms with Gasteiger partial charge < -0.3 is 0 Å². The first-order valence-corrected chi connectivity index (χ1v) is 4.32. The first-order chi connectivity index (χ1) is 5.34. The fraction of sp³-hybridized carbons (Fsp3) is 0.875. The third-order valence-corrected chi connectivity index (χ3v) is 1.83.